The Morgan fingerprint density at radius 3 is 2.88 bits per heavy atom. The third-order valence-corrected chi connectivity index (χ3v) is 4.21. The highest BCUT2D eigenvalue weighted by atomic mass is 35.5. The number of rotatable bonds is 7. The van der Waals surface area contributed by atoms with Crippen LogP contribution in [0.1, 0.15) is 22.8 Å². The summed E-state index contributed by atoms with van der Waals surface area (Å²) in [5.41, 5.74) is 3.30. The molecule has 2 aromatic carbocycles. The molecule has 132 valence electrons. The molecule has 0 heterocycles. The lowest BCUT2D eigenvalue weighted by Gasteiger charge is -2.22. The second kappa shape index (κ2) is 8.65. The Morgan fingerprint density at radius 2 is 2.12 bits per heavy atom. The molecule has 0 aliphatic heterocycles. The summed E-state index contributed by atoms with van der Waals surface area (Å²) in [5, 5.41) is 7.96. The molecule has 0 saturated carbocycles. The lowest BCUT2D eigenvalue weighted by molar-refractivity contribution is -0.131. The molecular weight excluding hydrogens is 340 g/mol. The summed E-state index contributed by atoms with van der Waals surface area (Å²) in [4.78, 5) is 22.3. The molecule has 1 aliphatic carbocycles. The van der Waals surface area contributed by atoms with Gasteiger partial charge in [0, 0.05) is 12.1 Å². The average molecular weight is 361 g/mol. The van der Waals surface area contributed by atoms with Crippen LogP contribution in [0.15, 0.2) is 36.4 Å². The summed E-state index contributed by atoms with van der Waals surface area (Å²) >= 11 is 0. The van der Waals surface area contributed by atoms with Gasteiger partial charge < -0.3 is 15.4 Å². The van der Waals surface area contributed by atoms with Gasteiger partial charge in [-0.1, -0.05) is 36.4 Å². The van der Waals surface area contributed by atoms with Gasteiger partial charge in [0.1, 0.15) is 6.10 Å². The van der Waals surface area contributed by atoms with Gasteiger partial charge in [-0.2, -0.15) is 0 Å². The van der Waals surface area contributed by atoms with Crippen molar-refractivity contribution >= 4 is 41.6 Å². The standard InChI is InChI=1S/C19H20N2O3.ClH/c1-20-11-18(23)21-10-9-13-5-6-14-3-2-4-16-17(24-12-22)8-7-15(13)19(14)16;/h2-8,12,17,20H,9-11H2,1H3,(H,21,23);1H. The molecule has 1 atom stereocenters. The maximum Gasteiger partial charge on any atom is 0.294 e. The SMILES string of the molecule is CNCC(=O)NCCc1ccc2cccc3c2c1C=CC3OC=O.Cl. The monoisotopic (exact) mass is 360 g/mol. The lowest BCUT2D eigenvalue weighted by Crippen LogP contribution is -2.33. The molecule has 6 heteroatoms. The van der Waals surface area contributed by atoms with Crippen LogP contribution in [0.4, 0.5) is 0 Å². The van der Waals surface area contributed by atoms with E-state index in [0.717, 1.165) is 28.3 Å². The Morgan fingerprint density at radius 1 is 1.28 bits per heavy atom. The van der Waals surface area contributed by atoms with E-state index in [9.17, 15) is 9.59 Å². The molecule has 0 bridgehead atoms. The van der Waals surface area contributed by atoms with Crippen LogP contribution in [0.5, 0.6) is 0 Å². The molecule has 0 fully saturated rings. The Labute approximate surface area is 152 Å². The molecule has 3 rings (SSSR count). The van der Waals surface area contributed by atoms with Crippen molar-refractivity contribution in [2.75, 3.05) is 20.1 Å². The summed E-state index contributed by atoms with van der Waals surface area (Å²) in [6, 6.07) is 10.2. The van der Waals surface area contributed by atoms with Gasteiger partial charge in [0.2, 0.25) is 5.91 Å². The van der Waals surface area contributed by atoms with Crippen LogP contribution in [-0.2, 0) is 20.7 Å². The van der Waals surface area contributed by atoms with Crippen molar-refractivity contribution < 1.29 is 14.3 Å². The van der Waals surface area contributed by atoms with E-state index < -0.39 is 0 Å². The maximum atomic E-state index is 11.5. The summed E-state index contributed by atoms with van der Waals surface area (Å²) < 4.78 is 5.18. The molecule has 0 aromatic heterocycles. The zero-order chi connectivity index (χ0) is 16.9. The summed E-state index contributed by atoms with van der Waals surface area (Å²) in [6.07, 6.45) is 4.31. The first-order valence-corrected chi connectivity index (χ1v) is 7.97. The highest BCUT2D eigenvalue weighted by Crippen LogP contribution is 2.36. The molecule has 1 aliphatic rings. The molecule has 2 aromatic rings. The van der Waals surface area contributed by atoms with Crippen LogP contribution in [0, 0.1) is 0 Å². The number of hydrogen-bond acceptors (Lipinski definition) is 4. The fourth-order valence-corrected chi connectivity index (χ4v) is 3.15. The summed E-state index contributed by atoms with van der Waals surface area (Å²) in [5.74, 6) is -0.0115. The van der Waals surface area contributed by atoms with E-state index in [1.54, 1.807) is 7.05 Å². The molecule has 5 nitrogen and oxygen atoms in total. The number of amides is 1. The molecule has 0 spiro atoms. The van der Waals surface area contributed by atoms with Crippen molar-refractivity contribution in [1.82, 2.24) is 10.6 Å². The summed E-state index contributed by atoms with van der Waals surface area (Å²) in [7, 11) is 1.75. The number of ether oxygens (including phenoxy) is 1. The van der Waals surface area contributed by atoms with Crippen molar-refractivity contribution in [3.63, 3.8) is 0 Å². The molecule has 0 radical (unpaired) electrons. The van der Waals surface area contributed by atoms with Crippen LogP contribution in [0.3, 0.4) is 0 Å². The smallest absolute Gasteiger partial charge is 0.294 e. The van der Waals surface area contributed by atoms with E-state index in [1.165, 1.54) is 5.56 Å². The van der Waals surface area contributed by atoms with E-state index in [-0.39, 0.29) is 24.4 Å². The second-order valence-electron chi connectivity index (χ2n) is 5.73. The van der Waals surface area contributed by atoms with Gasteiger partial charge in [-0.05, 0) is 41.4 Å². The topological polar surface area (TPSA) is 67.4 Å². The third kappa shape index (κ3) is 4.00. The van der Waals surface area contributed by atoms with Crippen LogP contribution in [-0.4, -0.2) is 32.5 Å². The fourth-order valence-electron chi connectivity index (χ4n) is 3.15. The van der Waals surface area contributed by atoms with E-state index in [0.29, 0.717) is 19.6 Å². The summed E-state index contributed by atoms with van der Waals surface area (Å²) in [6.45, 7) is 1.39. The minimum atomic E-state index is -0.343. The Hall–Kier alpha value is -2.37. The quantitative estimate of drug-likeness (QED) is 0.744. The number of nitrogens with one attached hydrogen (secondary N) is 2. The average Bonchev–Trinajstić information content (AvgIpc) is 2.59. The van der Waals surface area contributed by atoms with E-state index in [4.69, 9.17) is 4.74 Å². The van der Waals surface area contributed by atoms with E-state index in [1.807, 2.05) is 24.3 Å². The first-order chi connectivity index (χ1) is 11.7. The number of hydrogen-bond donors (Lipinski definition) is 2. The third-order valence-electron chi connectivity index (χ3n) is 4.21. The number of halogens is 1. The Balaban J connectivity index is 0.00000225. The molecule has 2 N–H and O–H groups in total. The van der Waals surface area contributed by atoms with E-state index in [2.05, 4.69) is 28.8 Å². The van der Waals surface area contributed by atoms with Gasteiger partial charge >= 0.3 is 0 Å². The Bertz CT molecular complexity index is 805. The van der Waals surface area contributed by atoms with Gasteiger partial charge in [0.15, 0.2) is 0 Å². The van der Waals surface area contributed by atoms with Crippen molar-refractivity contribution in [1.29, 1.82) is 0 Å². The second-order valence-corrected chi connectivity index (χ2v) is 5.73. The van der Waals surface area contributed by atoms with Gasteiger partial charge in [-0.15, -0.1) is 12.4 Å². The van der Waals surface area contributed by atoms with Crippen LogP contribution in [0.25, 0.3) is 16.8 Å². The predicted octanol–water partition coefficient (Wildman–Crippen LogP) is 2.38. The molecule has 1 amide bonds. The first kappa shape index (κ1) is 19.0. The molecule has 25 heavy (non-hydrogen) atoms. The zero-order valence-electron chi connectivity index (χ0n) is 14.0. The van der Waals surface area contributed by atoms with Gasteiger partial charge in [-0.25, -0.2) is 0 Å². The molecular formula is C19H21ClN2O3. The minimum absolute atomic E-state index is 0. The van der Waals surface area contributed by atoms with Crippen molar-refractivity contribution in [2.45, 2.75) is 12.5 Å². The van der Waals surface area contributed by atoms with Crippen LogP contribution in [0.2, 0.25) is 0 Å². The van der Waals surface area contributed by atoms with Crippen LogP contribution < -0.4 is 10.6 Å². The maximum absolute atomic E-state index is 11.5. The normalized spacial score (nSPS) is 14.7. The van der Waals surface area contributed by atoms with Crippen molar-refractivity contribution in [3.05, 3.63) is 53.1 Å². The first-order valence-electron chi connectivity index (χ1n) is 7.97. The van der Waals surface area contributed by atoms with Gasteiger partial charge in [0.05, 0.1) is 6.54 Å². The van der Waals surface area contributed by atoms with Crippen molar-refractivity contribution in [2.24, 2.45) is 0 Å². The number of carbonyl (C=O) groups is 2. The fraction of sp³-hybridized carbons (Fsp3) is 0.263. The molecule has 0 saturated heterocycles. The molecule has 1 unspecified atom stereocenters. The number of benzene rings is 2. The number of likely N-dealkylation sites (N-methyl/N-ethyl adjacent to an activating group) is 1. The highest BCUT2D eigenvalue weighted by Gasteiger charge is 2.20. The zero-order valence-corrected chi connectivity index (χ0v) is 14.8. The number of carbonyl (C=O) groups excluding carboxylic acids is 2. The van der Waals surface area contributed by atoms with Gasteiger partial charge in [0.25, 0.3) is 6.47 Å². The van der Waals surface area contributed by atoms with Gasteiger partial charge in [-0.3, -0.25) is 9.59 Å². The lowest BCUT2D eigenvalue weighted by atomic mass is 9.88. The van der Waals surface area contributed by atoms with E-state index >= 15 is 0 Å². The van der Waals surface area contributed by atoms with Crippen molar-refractivity contribution in [3.8, 4) is 0 Å². The largest absolute Gasteiger partial charge is 0.455 e. The predicted molar refractivity (Wildman–Crippen MR) is 101 cm³/mol. The Kier molecular flexibility index (Phi) is 6.56. The minimum Gasteiger partial charge on any atom is -0.455 e. The van der Waals surface area contributed by atoms with Crippen LogP contribution >= 0.6 is 12.4 Å². The highest BCUT2D eigenvalue weighted by molar-refractivity contribution is 5.96.